The van der Waals surface area contributed by atoms with E-state index in [2.05, 4.69) is 24.7 Å². The molecule has 1 unspecified atom stereocenters. The number of carbonyl (C=O) groups excluding carboxylic acids is 1. The van der Waals surface area contributed by atoms with E-state index in [1.165, 1.54) is 18.2 Å². The highest BCUT2D eigenvalue weighted by Crippen LogP contribution is 2.30. The minimum atomic E-state index is -0.511. The van der Waals surface area contributed by atoms with Crippen molar-refractivity contribution in [2.75, 3.05) is 7.11 Å². The van der Waals surface area contributed by atoms with E-state index >= 15 is 0 Å². The lowest BCUT2D eigenvalue weighted by atomic mass is 9.89. The largest absolute Gasteiger partial charge is 0.469 e. The van der Waals surface area contributed by atoms with Crippen molar-refractivity contribution in [3.8, 4) is 0 Å². The van der Waals surface area contributed by atoms with E-state index in [-0.39, 0.29) is 5.97 Å². The van der Waals surface area contributed by atoms with Gasteiger partial charge in [-0.05, 0) is 68.4 Å². The Morgan fingerprint density at radius 1 is 1.21 bits per heavy atom. The van der Waals surface area contributed by atoms with E-state index in [1.54, 1.807) is 0 Å². The molecule has 0 bridgehead atoms. The first-order chi connectivity index (χ1) is 8.88. The number of aliphatic hydroxyl groups excluding tert-OH is 1. The van der Waals surface area contributed by atoms with Crippen LogP contribution in [0.25, 0.3) is 0 Å². The molecule has 0 aliphatic heterocycles. The summed E-state index contributed by atoms with van der Waals surface area (Å²) >= 11 is 0. The SMILES string of the molecule is COC(=O)CCCC(O)c1c(C)c(C)cc(C)c1C. The van der Waals surface area contributed by atoms with Crippen LogP contribution in [0.3, 0.4) is 0 Å². The third kappa shape index (κ3) is 3.80. The number of benzene rings is 1. The number of hydrogen-bond acceptors (Lipinski definition) is 3. The summed E-state index contributed by atoms with van der Waals surface area (Å²) in [5.41, 5.74) is 5.71. The van der Waals surface area contributed by atoms with E-state index < -0.39 is 6.10 Å². The Bertz CT molecular complexity index is 437. The number of rotatable bonds is 5. The molecule has 106 valence electrons. The molecular weight excluding hydrogens is 240 g/mol. The van der Waals surface area contributed by atoms with E-state index in [1.807, 2.05) is 13.8 Å². The quantitative estimate of drug-likeness (QED) is 0.830. The van der Waals surface area contributed by atoms with Gasteiger partial charge in [0.1, 0.15) is 0 Å². The molecule has 1 rings (SSSR count). The summed E-state index contributed by atoms with van der Waals surface area (Å²) in [7, 11) is 1.39. The first kappa shape index (κ1) is 15.7. The van der Waals surface area contributed by atoms with Crippen molar-refractivity contribution in [1.29, 1.82) is 0 Å². The Balaban J connectivity index is 2.82. The number of carbonyl (C=O) groups is 1. The topological polar surface area (TPSA) is 46.5 Å². The highest BCUT2D eigenvalue weighted by Gasteiger charge is 2.16. The van der Waals surface area contributed by atoms with Crippen molar-refractivity contribution in [1.82, 2.24) is 0 Å². The molecule has 0 aliphatic rings. The molecule has 3 heteroatoms. The van der Waals surface area contributed by atoms with Gasteiger partial charge >= 0.3 is 5.97 Å². The van der Waals surface area contributed by atoms with Crippen LogP contribution in [-0.4, -0.2) is 18.2 Å². The summed E-state index contributed by atoms with van der Waals surface area (Å²) in [5, 5.41) is 10.4. The normalized spacial score (nSPS) is 12.3. The molecule has 0 saturated carbocycles. The van der Waals surface area contributed by atoms with Crippen molar-refractivity contribution >= 4 is 5.97 Å². The summed E-state index contributed by atoms with van der Waals surface area (Å²) in [4.78, 5) is 11.1. The number of esters is 1. The van der Waals surface area contributed by atoms with Gasteiger partial charge in [0, 0.05) is 6.42 Å². The van der Waals surface area contributed by atoms with Gasteiger partial charge in [0.2, 0.25) is 0 Å². The van der Waals surface area contributed by atoms with E-state index in [0.717, 1.165) is 16.7 Å². The monoisotopic (exact) mass is 264 g/mol. The first-order valence-corrected chi connectivity index (χ1v) is 6.70. The molecule has 0 aliphatic carbocycles. The number of aryl methyl sites for hydroxylation is 2. The standard InChI is InChI=1S/C16H24O3/c1-10-9-11(2)13(4)16(12(10)3)14(17)7-6-8-15(18)19-5/h9,14,17H,6-8H2,1-5H3. The Labute approximate surface area is 115 Å². The van der Waals surface area contributed by atoms with Crippen molar-refractivity contribution in [3.05, 3.63) is 33.9 Å². The second kappa shape index (κ2) is 6.71. The lowest BCUT2D eigenvalue weighted by Gasteiger charge is -2.20. The molecule has 1 N–H and O–H groups in total. The van der Waals surface area contributed by atoms with Crippen LogP contribution >= 0.6 is 0 Å². The maximum Gasteiger partial charge on any atom is 0.305 e. The Morgan fingerprint density at radius 2 is 1.74 bits per heavy atom. The average molecular weight is 264 g/mol. The van der Waals surface area contributed by atoms with Crippen LogP contribution in [0.2, 0.25) is 0 Å². The fourth-order valence-corrected chi connectivity index (χ4v) is 2.43. The molecule has 0 saturated heterocycles. The Hall–Kier alpha value is -1.35. The molecular formula is C16H24O3. The fourth-order valence-electron chi connectivity index (χ4n) is 2.43. The zero-order chi connectivity index (χ0) is 14.6. The molecule has 0 heterocycles. The number of methoxy groups -OCH3 is 1. The van der Waals surface area contributed by atoms with Gasteiger partial charge in [-0.25, -0.2) is 0 Å². The summed E-state index contributed by atoms with van der Waals surface area (Å²) in [6.07, 6.45) is 1.07. The van der Waals surface area contributed by atoms with E-state index in [0.29, 0.717) is 19.3 Å². The molecule has 1 aromatic rings. The fraction of sp³-hybridized carbons (Fsp3) is 0.562. The van der Waals surface area contributed by atoms with Gasteiger partial charge < -0.3 is 9.84 Å². The lowest BCUT2D eigenvalue weighted by molar-refractivity contribution is -0.140. The summed E-state index contributed by atoms with van der Waals surface area (Å²) in [6.45, 7) is 8.21. The minimum Gasteiger partial charge on any atom is -0.469 e. The third-order valence-corrected chi connectivity index (χ3v) is 3.84. The van der Waals surface area contributed by atoms with Crippen LogP contribution in [0.1, 0.15) is 53.2 Å². The van der Waals surface area contributed by atoms with Crippen LogP contribution in [0.5, 0.6) is 0 Å². The lowest BCUT2D eigenvalue weighted by Crippen LogP contribution is -2.07. The van der Waals surface area contributed by atoms with Gasteiger partial charge in [-0.3, -0.25) is 4.79 Å². The highest BCUT2D eigenvalue weighted by molar-refractivity contribution is 5.69. The van der Waals surface area contributed by atoms with Crippen molar-refractivity contribution < 1.29 is 14.6 Å². The molecule has 0 aromatic heterocycles. The molecule has 0 fully saturated rings. The maximum absolute atomic E-state index is 11.1. The summed E-state index contributed by atoms with van der Waals surface area (Å²) in [5.74, 6) is -0.221. The number of aliphatic hydroxyl groups is 1. The zero-order valence-corrected chi connectivity index (χ0v) is 12.5. The van der Waals surface area contributed by atoms with Gasteiger partial charge in [0.25, 0.3) is 0 Å². The zero-order valence-electron chi connectivity index (χ0n) is 12.5. The van der Waals surface area contributed by atoms with Gasteiger partial charge in [-0.1, -0.05) is 6.07 Å². The molecule has 1 atom stereocenters. The Kier molecular flexibility index (Phi) is 5.55. The average Bonchev–Trinajstić information content (AvgIpc) is 2.36. The van der Waals surface area contributed by atoms with E-state index in [9.17, 15) is 9.90 Å². The predicted octanol–water partition coefficient (Wildman–Crippen LogP) is 3.30. The van der Waals surface area contributed by atoms with Crippen molar-refractivity contribution in [2.24, 2.45) is 0 Å². The third-order valence-electron chi connectivity index (χ3n) is 3.84. The second-order valence-corrected chi connectivity index (χ2v) is 5.16. The smallest absolute Gasteiger partial charge is 0.305 e. The molecule has 0 radical (unpaired) electrons. The van der Waals surface area contributed by atoms with Gasteiger partial charge in [-0.2, -0.15) is 0 Å². The maximum atomic E-state index is 11.1. The van der Waals surface area contributed by atoms with Crippen molar-refractivity contribution in [2.45, 2.75) is 53.1 Å². The minimum absolute atomic E-state index is 0.221. The van der Waals surface area contributed by atoms with Crippen LogP contribution in [0.4, 0.5) is 0 Å². The molecule has 0 spiro atoms. The van der Waals surface area contributed by atoms with Crippen molar-refractivity contribution in [3.63, 3.8) is 0 Å². The second-order valence-electron chi connectivity index (χ2n) is 5.16. The van der Waals surface area contributed by atoms with Gasteiger partial charge in [-0.15, -0.1) is 0 Å². The van der Waals surface area contributed by atoms with Gasteiger partial charge in [0.15, 0.2) is 0 Å². The molecule has 0 amide bonds. The van der Waals surface area contributed by atoms with Gasteiger partial charge in [0.05, 0.1) is 13.2 Å². The number of hydrogen-bond donors (Lipinski definition) is 1. The molecule has 19 heavy (non-hydrogen) atoms. The first-order valence-electron chi connectivity index (χ1n) is 6.70. The summed E-state index contributed by atoms with van der Waals surface area (Å²) < 4.78 is 4.60. The Morgan fingerprint density at radius 3 is 2.21 bits per heavy atom. The predicted molar refractivity (Wildman–Crippen MR) is 76.2 cm³/mol. The van der Waals surface area contributed by atoms with E-state index in [4.69, 9.17) is 0 Å². The van der Waals surface area contributed by atoms with Crippen LogP contribution in [0, 0.1) is 27.7 Å². The van der Waals surface area contributed by atoms with Crippen LogP contribution < -0.4 is 0 Å². The van der Waals surface area contributed by atoms with Crippen LogP contribution in [0.15, 0.2) is 6.07 Å². The molecule has 3 nitrogen and oxygen atoms in total. The number of ether oxygens (including phenoxy) is 1. The highest BCUT2D eigenvalue weighted by atomic mass is 16.5. The van der Waals surface area contributed by atoms with Crippen LogP contribution in [-0.2, 0) is 9.53 Å². The molecule has 1 aromatic carbocycles. The summed E-state index contributed by atoms with van der Waals surface area (Å²) in [6, 6.07) is 2.15.